The van der Waals surface area contributed by atoms with Crippen LogP contribution in [0.3, 0.4) is 0 Å². The van der Waals surface area contributed by atoms with Crippen LogP contribution >= 0.6 is 0 Å². The minimum Gasteiger partial charge on any atom is -0.439 e. The first-order valence-electron chi connectivity index (χ1n) is 6.79. The molecule has 3 nitrogen and oxygen atoms in total. The summed E-state index contributed by atoms with van der Waals surface area (Å²) in [5.74, 6) is 1.35. The molecule has 0 aliphatic carbocycles. The van der Waals surface area contributed by atoms with Crippen molar-refractivity contribution in [1.29, 1.82) is 0 Å². The maximum atomic E-state index is 9.47. The number of hydrogen-bond donors (Lipinski definition) is 1. The smallest absolute Gasteiger partial charge is 0.219 e. The lowest BCUT2D eigenvalue weighted by Gasteiger charge is -2.22. The highest BCUT2D eigenvalue weighted by Gasteiger charge is 2.18. The maximum absolute atomic E-state index is 9.47. The Labute approximate surface area is 120 Å². The average molecular weight is 271 g/mol. The summed E-state index contributed by atoms with van der Waals surface area (Å²) in [7, 11) is 0. The van der Waals surface area contributed by atoms with E-state index in [-0.39, 0.29) is 5.41 Å². The topological polar surface area (TPSA) is 42.4 Å². The molecule has 0 spiro atoms. The molecule has 2 rings (SSSR count). The number of aromatic nitrogens is 1. The van der Waals surface area contributed by atoms with Crippen molar-refractivity contribution in [2.75, 3.05) is 0 Å². The Bertz CT molecular complexity index is 568. The number of nitrogens with zero attached hydrogens (tertiary/aromatic N) is 1. The van der Waals surface area contributed by atoms with E-state index < -0.39 is 6.10 Å². The first kappa shape index (κ1) is 14.5. The van der Waals surface area contributed by atoms with Gasteiger partial charge in [-0.2, -0.15) is 0 Å². The monoisotopic (exact) mass is 271 g/mol. The largest absolute Gasteiger partial charge is 0.439 e. The van der Waals surface area contributed by atoms with Gasteiger partial charge in [-0.1, -0.05) is 39.0 Å². The third kappa shape index (κ3) is 3.36. The van der Waals surface area contributed by atoms with E-state index in [4.69, 9.17) is 4.74 Å². The van der Waals surface area contributed by atoms with Crippen LogP contribution in [0.15, 0.2) is 42.6 Å². The Morgan fingerprint density at radius 1 is 1.10 bits per heavy atom. The van der Waals surface area contributed by atoms with Crippen molar-refractivity contribution in [3.05, 3.63) is 53.7 Å². The van der Waals surface area contributed by atoms with Gasteiger partial charge in [0.2, 0.25) is 5.88 Å². The lowest BCUT2D eigenvalue weighted by atomic mass is 9.86. The first-order valence-corrected chi connectivity index (χ1v) is 6.79. The Balaban J connectivity index is 2.26. The molecule has 1 aromatic heterocycles. The molecule has 0 radical (unpaired) electrons. The molecule has 1 unspecified atom stereocenters. The molecule has 1 N–H and O–H groups in total. The second-order valence-corrected chi connectivity index (χ2v) is 5.95. The summed E-state index contributed by atoms with van der Waals surface area (Å²) in [5, 5.41) is 9.47. The van der Waals surface area contributed by atoms with E-state index in [1.165, 1.54) is 0 Å². The van der Waals surface area contributed by atoms with Crippen LogP contribution in [-0.2, 0) is 5.41 Å². The van der Waals surface area contributed by atoms with Gasteiger partial charge in [0.15, 0.2) is 0 Å². The Morgan fingerprint density at radius 3 is 2.35 bits per heavy atom. The van der Waals surface area contributed by atoms with Gasteiger partial charge in [-0.05, 0) is 30.0 Å². The van der Waals surface area contributed by atoms with Gasteiger partial charge in [-0.25, -0.2) is 4.98 Å². The molecule has 0 aliphatic rings. The molecule has 3 heteroatoms. The van der Waals surface area contributed by atoms with Gasteiger partial charge in [-0.3, -0.25) is 0 Å². The van der Waals surface area contributed by atoms with Crippen molar-refractivity contribution in [1.82, 2.24) is 4.98 Å². The number of para-hydroxylation sites is 1. The summed E-state index contributed by atoms with van der Waals surface area (Å²) in [4.78, 5) is 4.24. The first-order chi connectivity index (χ1) is 9.38. The molecule has 0 fully saturated rings. The molecular formula is C17H21NO2. The normalized spacial score (nSPS) is 13.1. The highest BCUT2D eigenvalue weighted by molar-refractivity contribution is 5.40. The molecule has 0 saturated carbocycles. The minimum atomic E-state index is -0.515. The van der Waals surface area contributed by atoms with Gasteiger partial charge in [0.1, 0.15) is 5.75 Å². The minimum absolute atomic E-state index is 0.0101. The lowest BCUT2D eigenvalue weighted by molar-refractivity contribution is 0.198. The van der Waals surface area contributed by atoms with Crippen LogP contribution in [0.25, 0.3) is 0 Å². The predicted octanol–water partition coefficient (Wildman–Crippen LogP) is 4.22. The van der Waals surface area contributed by atoms with Gasteiger partial charge in [0, 0.05) is 17.8 Å². The van der Waals surface area contributed by atoms with E-state index in [0.29, 0.717) is 5.88 Å². The molecule has 0 saturated heterocycles. The molecule has 20 heavy (non-hydrogen) atoms. The molecule has 0 bridgehead atoms. The number of ether oxygens (including phenoxy) is 1. The second-order valence-electron chi connectivity index (χ2n) is 5.95. The average Bonchev–Trinajstić information content (AvgIpc) is 2.38. The van der Waals surface area contributed by atoms with Crippen molar-refractivity contribution >= 4 is 0 Å². The fraction of sp³-hybridized carbons (Fsp3) is 0.353. The number of hydrogen-bond acceptors (Lipinski definition) is 3. The van der Waals surface area contributed by atoms with Crippen LogP contribution in [0.1, 0.15) is 44.9 Å². The van der Waals surface area contributed by atoms with Crippen molar-refractivity contribution in [2.45, 2.75) is 39.2 Å². The van der Waals surface area contributed by atoms with Gasteiger partial charge in [0.05, 0.1) is 6.10 Å². The van der Waals surface area contributed by atoms with Crippen LogP contribution < -0.4 is 4.74 Å². The third-order valence-electron chi connectivity index (χ3n) is 3.15. The quantitative estimate of drug-likeness (QED) is 0.908. The molecular weight excluding hydrogens is 250 g/mol. The highest BCUT2D eigenvalue weighted by Crippen LogP contribution is 2.33. The van der Waals surface area contributed by atoms with Crippen LogP contribution in [0.4, 0.5) is 0 Å². The third-order valence-corrected chi connectivity index (χ3v) is 3.15. The van der Waals surface area contributed by atoms with Crippen LogP contribution in [0, 0.1) is 0 Å². The van der Waals surface area contributed by atoms with Gasteiger partial charge < -0.3 is 9.84 Å². The summed E-state index contributed by atoms with van der Waals surface area (Å²) in [6.45, 7) is 8.17. The Hall–Kier alpha value is -1.87. The second kappa shape index (κ2) is 5.63. The van der Waals surface area contributed by atoms with E-state index >= 15 is 0 Å². The van der Waals surface area contributed by atoms with Gasteiger partial charge in [-0.15, -0.1) is 0 Å². The van der Waals surface area contributed by atoms with E-state index in [2.05, 4.69) is 31.8 Å². The van der Waals surface area contributed by atoms with Gasteiger partial charge >= 0.3 is 0 Å². The summed E-state index contributed by atoms with van der Waals surface area (Å²) in [5.41, 5.74) is 1.93. The van der Waals surface area contributed by atoms with E-state index in [9.17, 15) is 5.11 Å². The number of aliphatic hydroxyl groups excluding tert-OH is 1. The molecule has 0 amide bonds. The highest BCUT2D eigenvalue weighted by atomic mass is 16.5. The molecule has 106 valence electrons. The zero-order valence-electron chi connectivity index (χ0n) is 12.4. The fourth-order valence-electron chi connectivity index (χ4n) is 1.99. The van der Waals surface area contributed by atoms with E-state index in [1.807, 2.05) is 24.3 Å². The Morgan fingerprint density at radius 2 is 1.80 bits per heavy atom. The molecule has 1 atom stereocenters. The van der Waals surface area contributed by atoms with Crippen molar-refractivity contribution in [3.8, 4) is 11.6 Å². The zero-order chi connectivity index (χ0) is 14.8. The molecule has 1 heterocycles. The summed E-state index contributed by atoms with van der Waals surface area (Å²) in [6, 6.07) is 11.6. The fourth-order valence-corrected chi connectivity index (χ4v) is 1.99. The summed E-state index contributed by atoms with van der Waals surface area (Å²) < 4.78 is 5.88. The summed E-state index contributed by atoms with van der Waals surface area (Å²) >= 11 is 0. The van der Waals surface area contributed by atoms with Crippen molar-refractivity contribution < 1.29 is 9.84 Å². The number of aliphatic hydroxyl groups is 1. The van der Waals surface area contributed by atoms with E-state index in [1.54, 1.807) is 19.2 Å². The Kier molecular flexibility index (Phi) is 4.09. The molecule has 0 aliphatic heterocycles. The number of benzene rings is 1. The van der Waals surface area contributed by atoms with Crippen LogP contribution in [0.5, 0.6) is 11.6 Å². The molecule has 2 aromatic rings. The van der Waals surface area contributed by atoms with Crippen molar-refractivity contribution in [3.63, 3.8) is 0 Å². The summed E-state index contributed by atoms with van der Waals surface area (Å²) in [6.07, 6.45) is 1.12. The number of pyridine rings is 1. The van der Waals surface area contributed by atoms with E-state index in [0.717, 1.165) is 16.9 Å². The van der Waals surface area contributed by atoms with Crippen molar-refractivity contribution in [2.24, 2.45) is 0 Å². The van der Waals surface area contributed by atoms with Gasteiger partial charge in [0.25, 0.3) is 0 Å². The SMILES string of the molecule is CC(O)c1ccc(Oc2ccccc2C(C)(C)C)nc1. The maximum Gasteiger partial charge on any atom is 0.219 e. The van der Waals surface area contributed by atoms with Crippen LogP contribution in [-0.4, -0.2) is 10.1 Å². The molecule has 1 aromatic carbocycles. The lowest BCUT2D eigenvalue weighted by Crippen LogP contribution is -2.12. The number of rotatable bonds is 3. The van der Waals surface area contributed by atoms with Crippen LogP contribution in [0.2, 0.25) is 0 Å². The zero-order valence-corrected chi connectivity index (χ0v) is 12.4. The predicted molar refractivity (Wildman–Crippen MR) is 80.1 cm³/mol. The standard InChI is InChI=1S/C17H21NO2/c1-12(19)13-9-10-16(18-11-13)20-15-8-6-5-7-14(15)17(2,3)4/h5-12,19H,1-4H3.